The first-order valence-electron chi connectivity index (χ1n) is 9.13. The highest BCUT2D eigenvalue weighted by atomic mass is 32.2. The van der Waals surface area contributed by atoms with Crippen LogP contribution in [0, 0.1) is 6.07 Å². The molecule has 129 valence electrons. The minimum atomic E-state index is -0.666. The third-order valence-corrected chi connectivity index (χ3v) is 7.53. The molecule has 0 unspecified atom stereocenters. The zero-order valence-electron chi connectivity index (χ0n) is 14.8. The Kier molecular flexibility index (Phi) is 4.16. The topological polar surface area (TPSA) is 0 Å². The Morgan fingerprint density at radius 2 is 0.963 bits per heavy atom. The fourth-order valence-electron chi connectivity index (χ4n) is 3.74. The van der Waals surface area contributed by atoms with E-state index in [1.807, 2.05) is 12.1 Å². The van der Waals surface area contributed by atoms with Crippen molar-refractivity contribution < 1.29 is 0 Å². The summed E-state index contributed by atoms with van der Waals surface area (Å²) in [6.45, 7) is 0. The van der Waals surface area contributed by atoms with Gasteiger partial charge in [0.2, 0.25) is 0 Å². The summed E-state index contributed by atoms with van der Waals surface area (Å²) in [5, 5.41) is 5.27. The molecule has 0 aliphatic rings. The van der Waals surface area contributed by atoms with E-state index in [4.69, 9.17) is 0 Å². The molecule has 5 rings (SSSR count). The van der Waals surface area contributed by atoms with Crippen LogP contribution in [0.5, 0.6) is 0 Å². The average molecular weight is 364 g/mol. The lowest BCUT2D eigenvalue weighted by Crippen LogP contribution is -1.91. The Hall–Kier alpha value is -3.03. The largest absolute Gasteiger partial charge is 0.172 e. The van der Waals surface area contributed by atoms with Crippen molar-refractivity contribution in [3.63, 3.8) is 0 Å². The highest BCUT2D eigenvalue weighted by Gasteiger charge is 2.17. The van der Waals surface area contributed by atoms with Crippen molar-refractivity contribution in [2.24, 2.45) is 0 Å². The molecule has 0 aliphatic heterocycles. The van der Waals surface area contributed by atoms with Crippen LogP contribution in [-0.4, -0.2) is 0 Å². The van der Waals surface area contributed by atoms with E-state index in [2.05, 4.69) is 103 Å². The molecule has 27 heavy (non-hydrogen) atoms. The lowest BCUT2D eigenvalue weighted by molar-refractivity contribution is 1.37. The van der Waals surface area contributed by atoms with E-state index in [9.17, 15) is 0 Å². The predicted octanol–water partition coefficient (Wildman–Crippen LogP) is 7.27. The predicted molar refractivity (Wildman–Crippen MR) is 117 cm³/mol. The zero-order chi connectivity index (χ0) is 18.1. The molecule has 0 atom stereocenters. The normalized spacial score (nSPS) is 11.6. The molecule has 0 fully saturated rings. The van der Waals surface area contributed by atoms with E-state index in [-0.39, 0.29) is 0 Å². The summed E-state index contributed by atoms with van der Waals surface area (Å²) in [5.41, 5.74) is 0. The van der Waals surface area contributed by atoms with Crippen LogP contribution in [-0.2, 0) is 0 Å². The third kappa shape index (κ3) is 2.90. The van der Waals surface area contributed by atoms with Gasteiger partial charge in [-0.15, -0.1) is 0 Å². The van der Waals surface area contributed by atoms with Crippen LogP contribution in [0.1, 0.15) is 0 Å². The summed E-state index contributed by atoms with van der Waals surface area (Å²) < 4.78 is 0. The highest BCUT2D eigenvalue weighted by molar-refractivity contribution is 8.17. The fraction of sp³-hybridized carbons (Fsp3) is 0. The Balaban J connectivity index is 1.85. The maximum absolute atomic E-state index is 3.18. The molecule has 5 aromatic carbocycles. The molecule has 0 saturated heterocycles. The standard InChI is InChI=1S/C26H19S/c1-2-14-22(15-3-1)27(25-18-8-12-20-10-4-6-16-23(20)25)26-19-9-13-21-11-5-7-17-24(21)26/h2-19,27H. The van der Waals surface area contributed by atoms with Gasteiger partial charge in [-0.25, -0.2) is 0 Å². The molecule has 0 N–H and O–H groups in total. The summed E-state index contributed by atoms with van der Waals surface area (Å²) in [4.78, 5) is 4.17. The monoisotopic (exact) mass is 363 g/mol. The van der Waals surface area contributed by atoms with E-state index in [1.165, 1.54) is 36.2 Å². The molecule has 0 saturated carbocycles. The molecule has 0 amide bonds. The molecule has 1 heteroatoms. The van der Waals surface area contributed by atoms with Crippen molar-refractivity contribution in [1.82, 2.24) is 0 Å². The second-order valence-electron chi connectivity index (χ2n) is 6.59. The number of hydrogen-bond donors (Lipinski definition) is 1. The Labute approximate surface area is 162 Å². The molecule has 1 radical (unpaired) electrons. The quantitative estimate of drug-likeness (QED) is 0.320. The molecule has 5 aromatic rings. The van der Waals surface area contributed by atoms with Crippen LogP contribution in [0.3, 0.4) is 0 Å². The van der Waals surface area contributed by atoms with Crippen molar-refractivity contribution in [1.29, 1.82) is 0 Å². The summed E-state index contributed by atoms with van der Waals surface area (Å²) in [7, 11) is -0.666. The van der Waals surface area contributed by atoms with E-state index < -0.39 is 10.9 Å². The van der Waals surface area contributed by atoms with Gasteiger partial charge in [-0.2, -0.15) is 10.9 Å². The first-order chi connectivity index (χ1) is 13.4. The Morgan fingerprint density at radius 3 is 1.52 bits per heavy atom. The van der Waals surface area contributed by atoms with Crippen LogP contribution in [0.25, 0.3) is 21.5 Å². The van der Waals surface area contributed by atoms with E-state index >= 15 is 0 Å². The van der Waals surface area contributed by atoms with Gasteiger partial charge in [0.1, 0.15) is 0 Å². The molecule has 0 aromatic heterocycles. The number of hydrogen-bond acceptors (Lipinski definition) is 0. The minimum absolute atomic E-state index is 0.666. The first kappa shape index (κ1) is 16.2. The number of thiol groups is 1. The first-order valence-corrected chi connectivity index (χ1v) is 10.5. The van der Waals surface area contributed by atoms with Crippen molar-refractivity contribution in [3.8, 4) is 0 Å². The van der Waals surface area contributed by atoms with Crippen molar-refractivity contribution >= 4 is 32.4 Å². The second kappa shape index (κ2) is 6.94. The molecule has 0 spiro atoms. The van der Waals surface area contributed by atoms with E-state index in [0.717, 1.165) is 0 Å². The van der Waals surface area contributed by atoms with Gasteiger partial charge in [-0.3, -0.25) is 0 Å². The van der Waals surface area contributed by atoms with Crippen LogP contribution < -0.4 is 0 Å². The molecule has 0 bridgehead atoms. The number of benzene rings is 5. The zero-order valence-corrected chi connectivity index (χ0v) is 15.7. The third-order valence-electron chi connectivity index (χ3n) is 4.97. The lowest BCUT2D eigenvalue weighted by atomic mass is 10.1. The summed E-state index contributed by atoms with van der Waals surface area (Å²) in [6, 6.07) is 42.5. The average Bonchev–Trinajstić information content (AvgIpc) is 2.75. The van der Waals surface area contributed by atoms with Crippen LogP contribution in [0.4, 0.5) is 0 Å². The SMILES string of the molecule is [c]1ccc([SH](c2cccc3ccccc23)c2cccc3ccccc23)cc1. The Morgan fingerprint density at radius 1 is 0.481 bits per heavy atom. The van der Waals surface area contributed by atoms with Gasteiger partial charge < -0.3 is 0 Å². The fourth-order valence-corrected chi connectivity index (χ4v) is 6.36. The molecule has 0 aliphatic carbocycles. The summed E-state index contributed by atoms with van der Waals surface area (Å²) in [6.07, 6.45) is 0. The smallest absolute Gasteiger partial charge is 0.00339 e. The maximum atomic E-state index is 3.18. The van der Waals surface area contributed by atoms with Gasteiger partial charge in [0.05, 0.1) is 0 Å². The molecular formula is C26H19S. The van der Waals surface area contributed by atoms with Crippen LogP contribution >= 0.6 is 10.9 Å². The summed E-state index contributed by atoms with van der Waals surface area (Å²) >= 11 is 0. The van der Waals surface area contributed by atoms with Gasteiger partial charge in [0, 0.05) is 9.79 Å². The number of fused-ring (bicyclic) bond motifs is 2. The van der Waals surface area contributed by atoms with Gasteiger partial charge >= 0.3 is 0 Å². The van der Waals surface area contributed by atoms with Gasteiger partial charge in [0.15, 0.2) is 0 Å². The Bertz CT molecular complexity index is 1130. The van der Waals surface area contributed by atoms with Crippen LogP contribution in [0.2, 0.25) is 0 Å². The van der Waals surface area contributed by atoms with Crippen LogP contribution in [0.15, 0.2) is 124 Å². The second-order valence-corrected chi connectivity index (χ2v) is 8.74. The van der Waals surface area contributed by atoms with Gasteiger partial charge in [-0.1, -0.05) is 84.9 Å². The van der Waals surface area contributed by atoms with Crippen molar-refractivity contribution in [2.75, 3.05) is 0 Å². The lowest BCUT2D eigenvalue weighted by Gasteiger charge is -2.26. The number of rotatable bonds is 3. The van der Waals surface area contributed by atoms with Crippen molar-refractivity contribution in [2.45, 2.75) is 14.7 Å². The molecule has 0 heterocycles. The van der Waals surface area contributed by atoms with Crippen molar-refractivity contribution in [3.05, 3.63) is 115 Å². The molecular weight excluding hydrogens is 344 g/mol. The molecule has 0 nitrogen and oxygen atoms in total. The summed E-state index contributed by atoms with van der Waals surface area (Å²) in [5.74, 6) is 0. The van der Waals surface area contributed by atoms with Gasteiger partial charge in [0.25, 0.3) is 0 Å². The van der Waals surface area contributed by atoms with E-state index in [0.29, 0.717) is 0 Å². The van der Waals surface area contributed by atoms with Gasteiger partial charge in [-0.05, 0) is 56.8 Å². The maximum Gasteiger partial charge on any atom is 0.00339 e. The minimum Gasteiger partial charge on any atom is -0.172 e. The highest BCUT2D eigenvalue weighted by Crippen LogP contribution is 2.55. The van der Waals surface area contributed by atoms with E-state index in [1.54, 1.807) is 0 Å².